The minimum absolute atomic E-state index is 0.0653. The molecule has 2 aliphatic carbocycles. The zero-order valence-corrected chi connectivity index (χ0v) is 31.1. The molecule has 5 atom stereocenters. The Morgan fingerprint density at radius 3 is 2.56 bits per heavy atom. The number of unbranched alkanes of at least 4 members (excludes halogenated alkanes) is 1. The van der Waals surface area contributed by atoms with Gasteiger partial charge in [0.15, 0.2) is 0 Å². The summed E-state index contributed by atoms with van der Waals surface area (Å²) in [6.45, 7) is 10.0. The summed E-state index contributed by atoms with van der Waals surface area (Å²) in [5, 5.41) is 4.85. The lowest BCUT2D eigenvalue weighted by atomic mass is 9.95. The predicted molar refractivity (Wildman–Crippen MR) is 190 cm³/mol. The molecule has 5 aliphatic rings. The average Bonchev–Trinajstić information content (AvgIpc) is 3.98. The van der Waals surface area contributed by atoms with Gasteiger partial charge < -0.3 is 25.0 Å². The molecule has 1 saturated heterocycles. The van der Waals surface area contributed by atoms with Crippen LogP contribution in [0.4, 0.5) is 9.59 Å². The van der Waals surface area contributed by atoms with Gasteiger partial charge in [-0.3, -0.25) is 24.0 Å². The second-order valence-electron chi connectivity index (χ2n) is 15.5. The number of hydrogen-bond acceptors (Lipinski definition) is 9. The van der Waals surface area contributed by atoms with Crippen LogP contribution in [0.3, 0.4) is 0 Å². The number of benzene rings is 1. The summed E-state index contributed by atoms with van der Waals surface area (Å²) in [5.41, 5.74) is 0.896. The van der Waals surface area contributed by atoms with Crippen LogP contribution in [0.2, 0.25) is 0 Å². The van der Waals surface area contributed by atoms with E-state index in [1.807, 2.05) is 32.9 Å². The minimum atomic E-state index is -3.90. The van der Waals surface area contributed by atoms with E-state index in [2.05, 4.69) is 28.0 Å². The summed E-state index contributed by atoms with van der Waals surface area (Å²) in [6, 6.07) is 3.82. The van der Waals surface area contributed by atoms with Crippen molar-refractivity contribution in [1.82, 2.24) is 25.2 Å². The molecule has 3 fully saturated rings. The maximum atomic E-state index is 14.3. The predicted octanol–water partition coefficient (Wildman–Crippen LogP) is 3.57. The first-order valence-electron chi connectivity index (χ1n) is 18.5. The van der Waals surface area contributed by atoms with E-state index in [4.69, 9.17) is 9.47 Å². The number of carbonyl (C=O) groups is 5. The Labute approximate surface area is 305 Å². The van der Waals surface area contributed by atoms with Crippen LogP contribution in [0, 0.1) is 5.92 Å². The summed E-state index contributed by atoms with van der Waals surface area (Å²) in [4.78, 5) is 71.7. The molecular formula is C37H51N5O9S. The fraction of sp³-hybridized carbons (Fsp3) is 0.649. The number of alkyl carbamates (subject to hydrolysis) is 1. The molecule has 3 heterocycles. The average molecular weight is 742 g/mol. The number of amides is 5. The highest BCUT2D eigenvalue weighted by Crippen LogP contribution is 2.45. The van der Waals surface area contributed by atoms with Crippen molar-refractivity contribution in [3.63, 3.8) is 0 Å². The molecule has 6 rings (SSSR count). The van der Waals surface area contributed by atoms with Crippen molar-refractivity contribution >= 4 is 39.9 Å². The molecule has 2 saturated carbocycles. The van der Waals surface area contributed by atoms with Crippen LogP contribution >= 0.6 is 0 Å². The van der Waals surface area contributed by atoms with E-state index in [9.17, 15) is 32.4 Å². The number of ether oxygens (including phenoxy) is 2. The summed E-state index contributed by atoms with van der Waals surface area (Å²) in [6.07, 6.45) is 4.93. The van der Waals surface area contributed by atoms with Crippen LogP contribution in [0.15, 0.2) is 30.9 Å². The van der Waals surface area contributed by atoms with Crippen LogP contribution in [0.1, 0.15) is 102 Å². The second-order valence-corrected chi connectivity index (χ2v) is 17.5. The molecule has 14 nitrogen and oxygen atoms in total. The molecule has 3 aliphatic heterocycles. The number of carbonyl (C=O) groups excluding carboxylic acids is 5. The third-order valence-corrected chi connectivity index (χ3v) is 12.8. The molecule has 52 heavy (non-hydrogen) atoms. The van der Waals surface area contributed by atoms with Gasteiger partial charge in [-0.05, 0) is 81.9 Å². The van der Waals surface area contributed by atoms with Crippen LogP contribution in [0.25, 0.3) is 0 Å². The molecular weight excluding hydrogens is 691 g/mol. The zero-order chi connectivity index (χ0) is 37.4. The highest BCUT2D eigenvalue weighted by Gasteiger charge is 2.62. The highest BCUT2D eigenvalue weighted by molar-refractivity contribution is 7.91. The lowest BCUT2D eigenvalue weighted by Gasteiger charge is -2.31. The molecule has 0 spiro atoms. The highest BCUT2D eigenvalue weighted by atomic mass is 32.2. The Balaban J connectivity index is 1.27. The first-order valence-corrected chi connectivity index (χ1v) is 20.1. The number of fused-ring (bicyclic) bond motifs is 3. The van der Waals surface area contributed by atoms with Crippen molar-refractivity contribution in [2.24, 2.45) is 5.92 Å². The Bertz CT molecular complexity index is 1730. The molecule has 284 valence electrons. The number of hydrogen-bond donors (Lipinski definition) is 3. The zero-order valence-electron chi connectivity index (χ0n) is 30.3. The van der Waals surface area contributed by atoms with Gasteiger partial charge in [-0.15, -0.1) is 6.58 Å². The summed E-state index contributed by atoms with van der Waals surface area (Å²) in [5.74, 6) is -2.64. The molecule has 15 heteroatoms. The van der Waals surface area contributed by atoms with E-state index >= 15 is 0 Å². The Hall–Kier alpha value is -4.14. The van der Waals surface area contributed by atoms with Crippen LogP contribution in [-0.2, 0) is 53.4 Å². The second kappa shape index (κ2) is 14.7. The first kappa shape index (κ1) is 37.6. The molecule has 4 bridgehead atoms. The van der Waals surface area contributed by atoms with Crippen LogP contribution in [-0.4, -0.2) is 89.2 Å². The lowest BCUT2D eigenvalue weighted by molar-refractivity contribution is -0.141. The van der Waals surface area contributed by atoms with E-state index < -0.39 is 80.4 Å². The van der Waals surface area contributed by atoms with Crippen molar-refractivity contribution in [2.45, 2.75) is 139 Å². The summed E-state index contributed by atoms with van der Waals surface area (Å²) >= 11 is 0. The van der Waals surface area contributed by atoms with E-state index in [1.165, 1.54) is 11.0 Å². The van der Waals surface area contributed by atoms with Gasteiger partial charge in [0.2, 0.25) is 21.8 Å². The fourth-order valence-electron chi connectivity index (χ4n) is 7.67. The lowest BCUT2D eigenvalue weighted by Crippen LogP contribution is -2.58. The number of nitrogens with one attached hydrogen (secondary N) is 3. The normalized spacial score (nSPS) is 29.1. The van der Waals surface area contributed by atoms with Gasteiger partial charge in [0.05, 0.1) is 11.8 Å². The van der Waals surface area contributed by atoms with E-state index in [0.29, 0.717) is 38.8 Å². The number of rotatable bonds is 9. The molecule has 3 N–H and O–H groups in total. The van der Waals surface area contributed by atoms with Gasteiger partial charge in [0.25, 0.3) is 5.91 Å². The topological polar surface area (TPSA) is 181 Å². The SMILES string of the molecule is C=C[C@H]1C[C@]1(NC(=O)[C@@H]1C[C@@H]2CN1C(=O)[C@H](CCCC)NC(=O)OC(C)(C)CCCCc1cccc3c1CN(C3)C(=O)O2)C(=O)NS(=O)(=O)C1CC1. The quantitative estimate of drug-likeness (QED) is 0.319. The third kappa shape index (κ3) is 8.08. The molecule has 1 aromatic rings. The van der Waals surface area contributed by atoms with Gasteiger partial charge in [0.1, 0.15) is 29.3 Å². The molecule has 0 aromatic heterocycles. The van der Waals surface area contributed by atoms with E-state index in [0.717, 1.165) is 42.4 Å². The van der Waals surface area contributed by atoms with Crippen molar-refractivity contribution in [3.8, 4) is 0 Å². The van der Waals surface area contributed by atoms with Crippen molar-refractivity contribution in [3.05, 3.63) is 47.5 Å². The van der Waals surface area contributed by atoms with Gasteiger partial charge in [-0.2, -0.15) is 0 Å². The molecule has 0 radical (unpaired) electrons. The van der Waals surface area contributed by atoms with Crippen molar-refractivity contribution < 1.29 is 41.9 Å². The van der Waals surface area contributed by atoms with Gasteiger partial charge in [-0.25, -0.2) is 18.0 Å². The maximum absolute atomic E-state index is 14.3. The first-order chi connectivity index (χ1) is 24.7. The fourth-order valence-corrected chi connectivity index (χ4v) is 9.04. The largest absolute Gasteiger partial charge is 0.444 e. The van der Waals surface area contributed by atoms with Crippen LogP contribution < -0.4 is 15.4 Å². The monoisotopic (exact) mass is 741 g/mol. The standard InChI is InChI=1S/C37H51N5O9S/c1-5-7-14-29-32(44)42-21-26(18-30(42)31(43)39-37(19-25(37)6-2)33(45)40-52(48,49)27-15-16-27)50-35(47)41-20-24-13-10-12-23(28(24)22-41)11-8-9-17-36(3,4)51-34(46)38-29/h6,10,12-13,25-27,29-30H,2,5,7-9,11,14-22H2,1,3-4H3,(H,38,46)(H,39,43)(H,40,45)/t25-,26+,29-,30-,37+/m0/s1. The van der Waals surface area contributed by atoms with Crippen molar-refractivity contribution in [2.75, 3.05) is 6.54 Å². The smallest absolute Gasteiger partial charge is 0.410 e. The van der Waals surface area contributed by atoms with Crippen LogP contribution in [0.5, 0.6) is 0 Å². The van der Waals surface area contributed by atoms with Gasteiger partial charge >= 0.3 is 12.2 Å². The van der Waals surface area contributed by atoms with Gasteiger partial charge in [0, 0.05) is 25.4 Å². The Morgan fingerprint density at radius 2 is 1.87 bits per heavy atom. The van der Waals surface area contributed by atoms with Crippen molar-refractivity contribution in [1.29, 1.82) is 0 Å². The maximum Gasteiger partial charge on any atom is 0.410 e. The molecule has 0 unspecified atom stereocenters. The number of sulfonamides is 1. The minimum Gasteiger partial charge on any atom is -0.444 e. The number of cyclic esters (lactones) is 1. The Morgan fingerprint density at radius 1 is 1.12 bits per heavy atom. The summed E-state index contributed by atoms with van der Waals surface area (Å²) < 4.78 is 39.3. The van der Waals surface area contributed by atoms with E-state index in [-0.39, 0.29) is 25.8 Å². The third-order valence-electron chi connectivity index (χ3n) is 11.0. The van der Waals surface area contributed by atoms with E-state index in [1.54, 1.807) is 4.90 Å². The molecule has 5 amide bonds. The Kier molecular flexibility index (Phi) is 10.6. The summed E-state index contributed by atoms with van der Waals surface area (Å²) in [7, 11) is -3.90. The number of aryl methyl sites for hydroxylation is 1. The molecule has 1 aromatic carbocycles. The number of nitrogens with zero attached hydrogens (tertiary/aromatic N) is 2. The van der Waals surface area contributed by atoms with Gasteiger partial charge in [-0.1, -0.05) is 44.0 Å².